The molecule has 0 aromatic heterocycles. The van der Waals surface area contributed by atoms with Gasteiger partial charge in [0.2, 0.25) is 23.6 Å². The highest BCUT2D eigenvalue weighted by Gasteiger charge is 2.26. The van der Waals surface area contributed by atoms with Crippen molar-refractivity contribution in [2.24, 2.45) is 17.2 Å². The van der Waals surface area contributed by atoms with Crippen LogP contribution in [0.25, 0.3) is 0 Å². The summed E-state index contributed by atoms with van der Waals surface area (Å²) in [6.45, 7) is 1.19. The molecule has 0 spiro atoms. The van der Waals surface area contributed by atoms with Crippen LogP contribution in [-0.4, -0.2) is 65.9 Å². The van der Waals surface area contributed by atoms with Crippen LogP contribution in [0.4, 0.5) is 0 Å². The molecule has 3 unspecified atom stereocenters. The van der Waals surface area contributed by atoms with Gasteiger partial charge in [0.1, 0.15) is 18.6 Å². The van der Waals surface area contributed by atoms with Gasteiger partial charge >= 0.3 is 5.97 Å². The van der Waals surface area contributed by atoms with E-state index in [1.54, 1.807) is 0 Å². The van der Waals surface area contributed by atoms with E-state index >= 15 is 0 Å². The monoisotopic (exact) mass is 388 g/mol. The summed E-state index contributed by atoms with van der Waals surface area (Å²) >= 11 is 0. The van der Waals surface area contributed by atoms with E-state index in [9.17, 15) is 24.0 Å². The average molecular weight is 388 g/mol. The first-order valence-electron chi connectivity index (χ1n) is 8.42. The number of hydrogen-bond acceptors (Lipinski definition) is 7. The van der Waals surface area contributed by atoms with Crippen molar-refractivity contribution in [2.45, 2.75) is 50.7 Å². The third-order valence-corrected chi connectivity index (χ3v) is 3.50. The van der Waals surface area contributed by atoms with Gasteiger partial charge in [-0.15, -0.1) is 0 Å². The second kappa shape index (κ2) is 12.6. The van der Waals surface area contributed by atoms with E-state index in [2.05, 4.69) is 16.0 Å². The van der Waals surface area contributed by atoms with Crippen molar-refractivity contribution in [1.82, 2.24) is 16.0 Å². The molecule has 0 saturated carbocycles. The number of carbonyl (C=O) groups is 5. The number of nitrogens with two attached hydrogens (primary N) is 3. The number of hydrogen-bond donors (Lipinski definition) is 7. The maximum absolute atomic E-state index is 12.2. The van der Waals surface area contributed by atoms with Crippen molar-refractivity contribution >= 4 is 29.6 Å². The second-order valence-corrected chi connectivity index (χ2v) is 5.96. The first kappa shape index (κ1) is 24.3. The Balaban J connectivity index is 4.78. The zero-order valence-electron chi connectivity index (χ0n) is 15.2. The molecule has 27 heavy (non-hydrogen) atoms. The Labute approximate surface area is 156 Å². The van der Waals surface area contributed by atoms with Crippen LogP contribution in [0, 0.1) is 0 Å². The molecule has 0 aromatic rings. The van der Waals surface area contributed by atoms with Crippen molar-refractivity contribution in [3.8, 4) is 0 Å². The van der Waals surface area contributed by atoms with Gasteiger partial charge < -0.3 is 38.3 Å². The van der Waals surface area contributed by atoms with E-state index in [1.165, 1.54) is 6.92 Å². The number of amides is 4. The molecule has 0 aliphatic carbocycles. The van der Waals surface area contributed by atoms with Crippen LogP contribution in [0.15, 0.2) is 0 Å². The van der Waals surface area contributed by atoms with Crippen molar-refractivity contribution in [2.75, 3.05) is 13.1 Å². The number of rotatable bonds is 13. The fraction of sp³-hybridized carbons (Fsp3) is 0.667. The summed E-state index contributed by atoms with van der Waals surface area (Å²) in [5.74, 6) is -4.06. The van der Waals surface area contributed by atoms with Gasteiger partial charge in [0.25, 0.3) is 0 Å². The molecular weight excluding hydrogens is 360 g/mol. The van der Waals surface area contributed by atoms with Gasteiger partial charge in [0, 0.05) is 0 Å². The van der Waals surface area contributed by atoms with Gasteiger partial charge in [0.05, 0.1) is 12.5 Å². The normalized spacial score (nSPS) is 13.7. The zero-order chi connectivity index (χ0) is 21.0. The first-order chi connectivity index (χ1) is 12.6. The lowest BCUT2D eigenvalue weighted by molar-refractivity contribution is -0.138. The molecule has 4 amide bonds. The van der Waals surface area contributed by atoms with Gasteiger partial charge in [-0.1, -0.05) is 0 Å². The maximum atomic E-state index is 12.2. The SMILES string of the molecule is CC(NC(=O)C(N)CC(N)=O)C(=O)NC(CCCCN)C(=O)NCC(=O)O. The quantitative estimate of drug-likeness (QED) is 0.156. The molecule has 0 heterocycles. The van der Waals surface area contributed by atoms with Gasteiger partial charge in [-0.2, -0.15) is 0 Å². The Kier molecular flexibility index (Phi) is 11.3. The van der Waals surface area contributed by atoms with Crippen LogP contribution in [0.1, 0.15) is 32.6 Å². The third kappa shape index (κ3) is 10.8. The molecule has 0 aliphatic heterocycles. The van der Waals surface area contributed by atoms with Crippen molar-refractivity contribution in [1.29, 1.82) is 0 Å². The topological polar surface area (TPSA) is 220 Å². The summed E-state index contributed by atoms with van der Waals surface area (Å²) in [5, 5.41) is 15.6. The van der Waals surface area contributed by atoms with E-state index < -0.39 is 54.3 Å². The lowest BCUT2D eigenvalue weighted by Crippen LogP contribution is -2.55. The van der Waals surface area contributed by atoms with Gasteiger partial charge in [0.15, 0.2) is 0 Å². The van der Waals surface area contributed by atoms with Gasteiger partial charge in [-0.25, -0.2) is 0 Å². The summed E-state index contributed by atoms with van der Waals surface area (Å²) in [5.41, 5.74) is 15.8. The lowest BCUT2D eigenvalue weighted by Gasteiger charge is -2.21. The average Bonchev–Trinajstić information content (AvgIpc) is 2.57. The minimum absolute atomic E-state index is 0.246. The molecule has 154 valence electrons. The molecule has 3 atom stereocenters. The fourth-order valence-electron chi connectivity index (χ4n) is 2.04. The molecule has 12 nitrogen and oxygen atoms in total. The van der Waals surface area contributed by atoms with Crippen molar-refractivity contribution in [3.63, 3.8) is 0 Å². The molecule has 0 rings (SSSR count). The van der Waals surface area contributed by atoms with Crippen LogP contribution in [0.5, 0.6) is 0 Å². The Morgan fingerprint density at radius 3 is 2.15 bits per heavy atom. The van der Waals surface area contributed by atoms with E-state index in [4.69, 9.17) is 22.3 Å². The van der Waals surface area contributed by atoms with Gasteiger partial charge in [-0.3, -0.25) is 24.0 Å². The standard InChI is InChI=1S/C15H28N6O6/c1-8(20-14(26)9(17)6-11(18)22)13(25)21-10(4-2-3-5-16)15(27)19-7-12(23)24/h8-10H,2-7,16-17H2,1H3,(H2,18,22)(H,19,27)(H,20,26)(H,21,25)(H,23,24). The van der Waals surface area contributed by atoms with Crippen molar-refractivity contribution in [3.05, 3.63) is 0 Å². The summed E-state index contributed by atoms with van der Waals surface area (Å²) in [6.07, 6.45) is 1.02. The first-order valence-corrected chi connectivity index (χ1v) is 8.42. The van der Waals surface area contributed by atoms with Crippen LogP contribution in [0.2, 0.25) is 0 Å². The highest BCUT2D eigenvalue weighted by Crippen LogP contribution is 2.02. The second-order valence-electron chi connectivity index (χ2n) is 5.96. The molecular formula is C15H28N6O6. The maximum Gasteiger partial charge on any atom is 0.322 e. The third-order valence-electron chi connectivity index (χ3n) is 3.50. The zero-order valence-corrected chi connectivity index (χ0v) is 15.2. The molecule has 10 N–H and O–H groups in total. The highest BCUT2D eigenvalue weighted by atomic mass is 16.4. The molecule has 0 fully saturated rings. The number of aliphatic carboxylic acids is 1. The predicted octanol–water partition coefficient (Wildman–Crippen LogP) is -3.49. The Morgan fingerprint density at radius 2 is 1.63 bits per heavy atom. The van der Waals surface area contributed by atoms with Crippen LogP contribution >= 0.6 is 0 Å². The molecule has 0 bridgehead atoms. The highest BCUT2D eigenvalue weighted by molar-refractivity contribution is 5.94. The van der Waals surface area contributed by atoms with Crippen LogP contribution in [0.3, 0.4) is 0 Å². The van der Waals surface area contributed by atoms with E-state index in [-0.39, 0.29) is 12.8 Å². The van der Waals surface area contributed by atoms with Gasteiger partial charge in [-0.05, 0) is 32.7 Å². The lowest BCUT2D eigenvalue weighted by atomic mass is 10.1. The smallest absolute Gasteiger partial charge is 0.322 e. The number of unbranched alkanes of at least 4 members (excludes halogenated alkanes) is 1. The Bertz CT molecular complexity index is 555. The summed E-state index contributed by atoms with van der Waals surface area (Å²) < 4.78 is 0. The predicted molar refractivity (Wildman–Crippen MR) is 94.9 cm³/mol. The summed E-state index contributed by atoms with van der Waals surface area (Å²) in [7, 11) is 0. The molecule has 0 aromatic carbocycles. The minimum atomic E-state index is -1.22. The fourth-order valence-corrected chi connectivity index (χ4v) is 2.04. The largest absolute Gasteiger partial charge is 0.480 e. The summed E-state index contributed by atoms with van der Waals surface area (Å²) in [6, 6.07) is -3.22. The molecule has 12 heteroatoms. The van der Waals surface area contributed by atoms with E-state index in [0.29, 0.717) is 19.4 Å². The van der Waals surface area contributed by atoms with Crippen LogP contribution < -0.4 is 33.2 Å². The Morgan fingerprint density at radius 1 is 1.00 bits per heavy atom. The van der Waals surface area contributed by atoms with Crippen LogP contribution in [-0.2, 0) is 24.0 Å². The molecule has 0 aliphatic rings. The van der Waals surface area contributed by atoms with Crippen molar-refractivity contribution < 1.29 is 29.1 Å². The number of primary amides is 1. The number of carbonyl (C=O) groups excluding carboxylic acids is 4. The molecule has 0 saturated heterocycles. The minimum Gasteiger partial charge on any atom is -0.480 e. The summed E-state index contributed by atoms with van der Waals surface area (Å²) in [4.78, 5) is 57.5. The Hall–Kier alpha value is -2.73. The number of carboxylic acids is 1. The number of carboxylic acid groups (broad SMARTS) is 1. The molecule has 0 radical (unpaired) electrons. The van der Waals surface area contributed by atoms with E-state index in [0.717, 1.165) is 0 Å². The van der Waals surface area contributed by atoms with E-state index in [1.807, 2.05) is 0 Å². The number of nitrogens with one attached hydrogen (secondary N) is 3.